The van der Waals surface area contributed by atoms with Crippen molar-refractivity contribution in [2.75, 3.05) is 45.9 Å². The van der Waals surface area contributed by atoms with Gasteiger partial charge in [-0.15, -0.1) is 0 Å². The van der Waals surface area contributed by atoms with Gasteiger partial charge >= 0.3 is 12.1 Å². The Morgan fingerprint density at radius 3 is 2.38 bits per heavy atom. The number of carboxylic acid groups (broad SMARTS) is 1. The van der Waals surface area contributed by atoms with Crippen molar-refractivity contribution in [3.8, 4) is 0 Å². The monoisotopic (exact) mass is 312 g/mol. The van der Waals surface area contributed by atoms with Gasteiger partial charge in [-0.1, -0.05) is 6.92 Å². The Labute approximate surface area is 122 Å². The molecule has 21 heavy (non-hydrogen) atoms. The maximum Gasteiger partial charge on any atom is 0.411 e. The fourth-order valence-electron chi connectivity index (χ4n) is 2.47. The number of carboxylic acids is 1. The van der Waals surface area contributed by atoms with Crippen molar-refractivity contribution in [1.29, 1.82) is 0 Å². The molecule has 0 radical (unpaired) electrons. The molecule has 124 valence electrons. The normalized spacial score (nSPS) is 19.6. The number of nitrogens with zero attached hydrogens (tertiary/aromatic N) is 2. The lowest BCUT2D eigenvalue weighted by Gasteiger charge is -2.37. The van der Waals surface area contributed by atoms with E-state index in [2.05, 4.69) is 9.64 Å². The van der Waals surface area contributed by atoms with Crippen LogP contribution >= 0.6 is 0 Å². The van der Waals surface area contributed by atoms with E-state index in [1.54, 1.807) is 0 Å². The van der Waals surface area contributed by atoms with Gasteiger partial charge in [0.25, 0.3) is 0 Å². The molecule has 0 amide bonds. The molecule has 1 fully saturated rings. The van der Waals surface area contributed by atoms with Crippen LogP contribution in [0, 0.1) is 0 Å². The lowest BCUT2D eigenvalue weighted by molar-refractivity contribution is -0.174. The second-order valence-corrected chi connectivity index (χ2v) is 5.16. The summed E-state index contributed by atoms with van der Waals surface area (Å²) < 4.78 is 40.2. The summed E-state index contributed by atoms with van der Waals surface area (Å²) in [6, 6.07) is -0.442. The third kappa shape index (κ3) is 7.10. The largest absolute Gasteiger partial charge is 0.480 e. The topological polar surface area (TPSA) is 53.0 Å². The van der Waals surface area contributed by atoms with E-state index in [0.29, 0.717) is 32.5 Å². The molecule has 8 heteroatoms. The molecule has 1 saturated heterocycles. The van der Waals surface area contributed by atoms with Crippen molar-refractivity contribution >= 4 is 5.97 Å². The number of alkyl halides is 3. The number of hydrogen-bond donors (Lipinski definition) is 1. The highest BCUT2D eigenvalue weighted by Crippen LogP contribution is 2.14. The molecule has 1 aliphatic rings. The number of rotatable bonds is 8. The van der Waals surface area contributed by atoms with Crippen molar-refractivity contribution in [1.82, 2.24) is 9.80 Å². The summed E-state index contributed by atoms with van der Waals surface area (Å²) in [6.45, 7) is 4.25. The highest BCUT2D eigenvalue weighted by Gasteiger charge is 2.28. The molecule has 0 aromatic carbocycles. The molecule has 0 spiro atoms. The van der Waals surface area contributed by atoms with Gasteiger partial charge in [0.05, 0.1) is 0 Å². The molecule has 0 aromatic rings. The van der Waals surface area contributed by atoms with Crippen LogP contribution in [0.3, 0.4) is 0 Å². The number of halogens is 3. The fraction of sp³-hybridized carbons (Fsp3) is 0.923. The highest BCUT2D eigenvalue weighted by atomic mass is 19.4. The van der Waals surface area contributed by atoms with Crippen LogP contribution in [-0.2, 0) is 9.53 Å². The van der Waals surface area contributed by atoms with Crippen LogP contribution in [0.15, 0.2) is 0 Å². The van der Waals surface area contributed by atoms with Crippen LogP contribution in [0.2, 0.25) is 0 Å². The van der Waals surface area contributed by atoms with Gasteiger partial charge in [0.2, 0.25) is 0 Å². The molecule has 0 saturated carbocycles. The first-order chi connectivity index (χ1) is 9.83. The fourth-order valence-corrected chi connectivity index (χ4v) is 2.47. The van der Waals surface area contributed by atoms with E-state index in [4.69, 9.17) is 5.11 Å². The Hall–Kier alpha value is -0.860. The van der Waals surface area contributed by atoms with E-state index in [9.17, 15) is 18.0 Å². The Morgan fingerprint density at radius 1 is 1.29 bits per heavy atom. The zero-order chi connectivity index (χ0) is 15.9. The van der Waals surface area contributed by atoms with Gasteiger partial charge in [-0.25, -0.2) is 0 Å². The second kappa shape index (κ2) is 8.55. The minimum atomic E-state index is -4.27. The molecule has 0 bridgehead atoms. The van der Waals surface area contributed by atoms with Crippen LogP contribution in [0.25, 0.3) is 0 Å². The summed E-state index contributed by atoms with van der Waals surface area (Å²) in [5.74, 6) is -0.800. The number of ether oxygens (including phenoxy) is 1. The van der Waals surface area contributed by atoms with Crippen LogP contribution in [0.1, 0.15) is 19.8 Å². The number of carbonyl (C=O) groups is 1. The first-order valence-electron chi connectivity index (χ1n) is 7.17. The lowest BCUT2D eigenvalue weighted by atomic mass is 10.1. The van der Waals surface area contributed by atoms with Gasteiger partial charge in [-0.05, 0) is 12.8 Å². The van der Waals surface area contributed by atoms with E-state index < -0.39 is 24.8 Å². The quantitative estimate of drug-likeness (QED) is 0.687. The van der Waals surface area contributed by atoms with Crippen LogP contribution in [0.5, 0.6) is 0 Å². The second-order valence-electron chi connectivity index (χ2n) is 5.16. The van der Waals surface area contributed by atoms with Crippen molar-refractivity contribution in [2.45, 2.75) is 32.0 Å². The van der Waals surface area contributed by atoms with Crippen LogP contribution in [-0.4, -0.2) is 79.0 Å². The summed E-state index contributed by atoms with van der Waals surface area (Å²) in [5.41, 5.74) is 0. The minimum Gasteiger partial charge on any atom is -0.480 e. The van der Waals surface area contributed by atoms with E-state index in [0.717, 1.165) is 13.1 Å². The maximum atomic E-state index is 11.9. The van der Waals surface area contributed by atoms with Gasteiger partial charge in [-0.3, -0.25) is 9.69 Å². The van der Waals surface area contributed by atoms with E-state index >= 15 is 0 Å². The summed E-state index contributed by atoms with van der Waals surface area (Å²) in [7, 11) is 0. The molecule has 1 N–H and O–H groups in total. The molecule has 0 aromatic heterocycles. The summed E-state index contributed by atoms with van der Waals surface area (Å²) >= 11 is 0. The Bertz CT molecular complexity index is 318. The standard InChI is InChI=1S/C13H23F3N2O3/c1-2-11(12(19)20)18-7-5-17(6-8-18)4-3-9-21-10-13(14,15)16/h11H,2-10H2,1H3,(H,19,20). The third-order valence-corrected chi connectivity index (χ3v) is 3.55. The number of piperazine rings is 1. The first kappa shape index (κ1) is 18.2. The summed E-state index contributed by atoms with van der Waals surface area (Å²) in [6.07, 6.45) is -3.15. The zero-order valence-corrected chi connectivity index (χ0v) is 12.2. The van der Waals surface area contributed by atoms with Crippen LogP contribution in [0.4, 0.5) is 13.2 Å². The molecule has 1 unspecified atom stereocenters. The summed E-state index contributed by atoms with van der Waals surface area (Å²) in [5, 5.41) is 9.09. The predicted molar refractivity (Wildman–Crippen MR) is 71.2 cm³/mol. The lowest BCUT2D eigenvalue weighted by Crippen LogP contribution is -2.52. The average molecular weight is 312 g/mol. The first-order valence-corrected chi connectivity index (χ1v) is 7.17. The molecular formula is C13H23F3N2O3. The van der Waals surface area contributed by atoms with E-state index in [1.807, 2.05) is 11.8 Å². The SMILES string of the molecule is CCC(C(=O)O)N1CCN(CCCOCC(F)(F)F)CC1. The van der Waals surface area contributed by atoms with Gasteiger partial charge in [0.1, 0.15) is 12.6 Å². The zero-order valence-electron chi connectivity index (χ0n) is 12.2. The molecule has 5 nitrogen and oxygen atoms in total. The van der Waals surface area contributed by atoms with Gasteiger partial charge < -0.3 is 14.7 Å². The van der Waals surface area contributed by atoms with Crippen molar-refractivity contribution in [3.63, 3.8) is 0 Å². The molecule has 0 aliphatic carbocycles. The smallest absolute Gasteiger partial charge is 0.411 e. The number of hydrogen-bond acceptors (Lipinski definition) is 4. The van der Waals surface area contributed by atoms with E-state index in [1.165, 1.54) is 0 Å². The molecular weight excluding hydrogens is 289 g/mol. The predicted octanol–water partition coefficient (Wildman–Crippen LogP) is 1.44. The average Bonchev–Trinajstić information content (AvgIpc) is 2.39. The molecule has 1 rings (SSSR count). The number of aliphatic carboxylic acids is 1. The van der Waals surface area contributed by atoms with Crippen molar-refractivity contribution in [2.24, 2.45) is 0 Å². The maximum absolute atomic E-state index is 11.9. The molecule has 1 heterocycles. The van der Waals surface area contributed by atoms with Gasteiger partial charge in [0.15, 0.2) is 0 Å². The highest BCUT2D eigenvalue weighted by molar-refractivity contribution is 5.73. The summed E-state index contributed by atoms with van der Waals surface area (Å²) in [4.78, 5) is 15.1. The van der Waals surface area contributed by atoms with E-state index in [-0.39, 0.29) is 6.61 Å². The van der Waals surface area contributed by atoms with Crippen LogP contribution < -0.4 is 0 Å². The van der Waals surface area contributed by atoms with Crippen molar-refractivity contribution in [3.05, 3.63) is 0 Å². The Kier molecular flexibility index (Phi) is 7.41. The third-order valence-electron chi connectivity index (χ3n) is 3.55. The van der Waals surface area contributed by atoms with Gasteiger partial charge in [-0.2, -0.15) is 13.2 Å². The molecule has 1 aliphatic heterocycles. The minimum absolute atomic E-state index is 0.0897. The van der Waals surface area contributed by atoms with Gasteiger partial charge in [0, 0.05) is 39.3 Å². The Balaban J connectivity index is 2.15. The van der Waals surface area contributed by atoms with Crippen molar-refractivity contribution < 1.29 is 27.8 Å². The Morgan fingerprint density at radius 2 is 1.90 bits per heavy atom. The molecule has 1 atom stereocenters.